The molecule has 1 aromatic rings. The van der Waals surface area contributed by atoms with Gasteiger partial charge in [0, 0.05) is 31.3 Å². The molecule has 0 unspecified atom stereocenters. The third-order valence-corrected chi connectivity index (χ3v) is 3.82. The molecule has 1 saturated carbocycles. The van der Waals surface area contributed by atoms with Gasteiger partial charge in [-0.1, -0.05) is 0 Å². The lowest BCUT2D eigenvalue weighted by Crippen LogP contribution is -2.36. The highest BCUT2D eigenvalue weighted by atomic mass is 19.3. The molecule has 0 amide bonds. The van der Waals surface area contributed by atoms with Crippen LogP contribution in [0.2, 0.25) is 0 Å². The summed E-state index contributed by atoms with van der Waals surface area (Å²) in [6.45, 7) is 1.27. The third kappa shape index (κ3) is 2.03. The molecule has 1 spiro atoms. The van der Waals surface area contributed by atoms with Gasteiger partial charge >= 0.3 is 0 Å². The van der Waals surface area contributed by atoms with Gasteiger partial charge in [-0.25, -0.2) is 13.8 Å². The normalized spacial score (nSPS) is 24.2. The quantitative estimate of drug-likeness (QED) is 0.818. The van der Waals surface area contributed by atoms with E-state index in [1.165, 1.54) is 6.20 Å². The van der Waals surface area contributed by atoms with E-state index in [4.69, 9.17) is 9.47 Å². The fourth-order valence-corrected chi connectivity index (χ4v) is 2.91. The summed E-state index contributed by atoms with van der Waals surface area (Å²) in [7, 11) is 0. The summed E-state index contributed by atoms with van der Waals surface area (Å²) in [5.74, 6) is -0.577. The van der Waals surface area contributed by atoms with Crippen molar-refractivity contribution in [3.05, 3.63) is 18.2 Å². The first kappa shape index (κ1) is 12.0. The molecule has 1 saturated heterocycles. The number of alkyl halides is 2. The van der Waals surface area contributed by atoms with Crippen molar-refractivity contribution in [2.24, 2.45) is 0 Å². The van der Waals surface area contributed by atoms with E-state index in [2.05, 4.69) is 4.98 Å². The van der Waals surface area contributed by atoms with Crippen LogP contribution in [0.3, 0.4) is 0 Å². The lowest BCUT2D eigenvalue weighted by Gasteiger charge is -2.36. The van der Waals surface area contributed by atoms with Crippen LogP contribution in [0.5, 0.6) is 0 Å². The minimum atomic E-state index is -2.52. The van der Waals surface area contributed by atoms with Gasteiger partial charge in [-0.3, -0.25) is 0 Å². The van der Waals surface area contributed by atoms with Gasteiger partial charge in [-0.15, -0.1) is 0 Å². The fourth-order valence-electron chi connectivity index (χ4n) is 2.91. The minimum absolute atomic E-state index is 0.0786. The maximum absolute atomic E-state index is 12.8. The average molecular weight is 258 g/mol. The van der Waals surface area contributed by atoms with Crippen molar-refractivity contribution < 1.29 is 18.3 Å². The highest BCUT2D eigenvalue weighted by Gasteiger charge is 2.41. The van der Waals surface area contributed by atoms with Gasteiger partial charge in [-0.05, 0) is 12.8 Å². The van der Waals surface area contributed by atoms with Crippen LogP contribution in [0.4, 0.5) is 8.78 Å². The number of halogens is 2. The highest BCUT2D eigenvalue weighted by molar-refractivity contribution is 4.98. The van der Waals surface area contributed by atoms with E-state index < -0.39 is 12.2 Å². The molecule has 2 aliphatic rings. The summed E-state index contributed by atoms with van der Waals surface area (Å²) in [4.78, 5) is 3.73. The first-order chi connectivity index (χ1) is 8.70. The Morgan fingerprint density at radius 2 is 1.94 bits per heavy atom. The summed E-state index contributed by atoms with van der Waals surface area (Å²) in [6.07, 6.45) is 3.66. The SMILES string of the molecule is FC(F)c1nccn1C1CCC2(CC1)OCCO2. The summed E-state index contributed by atoms with van der Waals surface area (Å²) in [6, 6.07) is 0.0786. The van der Waals surface area contributed by atoms with Crippen molar-refractivity contribution in [3.63, 3.8) is 0 Å². The molecule has 0 bridgehead atoms. The van der Waals surface area contributed by atoms with Crippen LogP contribution in [0, 0.1) is 0 Å². The van der Waals surface area contributed by atoms with E-state index in [9.17, 15) is 8.78 Å². The van der Waals surface area contributed by atoms with E-state index in [-0.39, 0.29) is 11.9 Å². The molecule has 2 heterocycles. The van der Waals surface area contributed by atoms with Gasteiger partial charge in [0.25, 0.3) is 6.43 Å². The van der Waals surface area contributed by atoms with Crippen LogP contribution in [0.25, 0.3) is 0 Å². The van der Waals surface area contributed by atoms with Crippen LogP contribution >= 0.6 is 0 Å². The summed E-state index contributed by atoms with van der Waals surface area (Å²) in [5, 5.41) is 0. The number of ether oxygens (including phenoxy) is 2. The molecule has 0 radical (unpaired) electrons. The molecule has 0 N–H and O–H groups in total. The van der Waals surface area contributed by atoms with Crippen molar-refractivity contribution in [2.45, 2.75) is 43.9 Å². The molecule has 3 rings (SSSR count). The van der Waals surface area contributed by atoms with Gasteiger partial charge in [0.15, 0.2) is 11.6 Å². The lowest BCUT2D eigenvalue weighted by molar-refractivity contribution is -0.181. The molecule has 1 aliphatic heterocycles. The number of rotatable bonds is 2. The van der Waals surface area contributed by atoms with Crippen molar-refractivity contribution in [1.82, 2.24) is 9.55 Å². The van der Waals surface area contributed by atoms with E-state index in [1.807, 2.05) is 0 Å². The Balaban J connectivity index is 1.70. The van der Waals surface area contributed by atoms with E-state index >= 15 is 0 Å². The molecule has 0 atom stereocenters. The molecule has 18 heavy (non-hydrogen) atoms. The van der Waals surface area contributed by atoms with Crippen LogP contribution in [0.15, 0.2) is 12.4 Å². The molecular weight excluding hydrogens is 242 g/mol. The summed E-state index contributed by atoms with van der Waals surface area (Å²) >= 11 is 0. The van der Waals surface area contributed by atoms with Crippen LogP contribution < -0.4 is 0 Å². The molecule has 100 valence electrons. The van der Waals surface area contributed by atoms with E-state index in [1.54, 1.807) is 10.8 Å². The molecule has 6 heteroatoms. The predicted molar refractivity (Wildman–Crippen MR) is 59.3 cm³/mol. The summed E-state index contributed by atoms with van der Waals surface area (Å²) in [5.41, 5.74) is 0. The Hall–Kier alpha value is -1.01. The first-order valence-electron chi connectivity index (χ1n) is 6.29. The van der Waals surface area contributed by atoms with Crippen LogP contribution in [0.1, 0.15) is 44.0 Å². The zero-order valence-corrected chi connectivity index (χ0v) is 10.0. The number of hydrogen-bond acceptors (Lipinski definition) is 3. The smallest absolute Gasteiger partial charge is 0.295 e. The standard InChI is InChI=1S/C12H16F2N2O2/c13-10(14)11-15-5-6-16(11)9-1-3-12(4-2-9)17-7-8-18-12/h5-6,9-10H,1-4,7-8H2. The Morgan fingerprint density at radius 1 is 1.28 bits per heavy atom. The minimum Gasteiger partial charge on any atom is -0.348 e. The largest absolute Gasteiger partial charge is 0.348 e. The Kier molecular flexibility index (Phi) is 3.07. The number of imidazole rings is 1. The molecule has 1 aliphatic carbocycles. The molecule has 1 aromatic heterocycles. The zero-order valence-electron chi connectivity index (χ0n) is 10.0. The summed E-state index contributed by atoms with van der Waals surface area (Å²) < 4.78 is 38.4. The monoisotopic (exact) mass is 258 g/mol. The maximum atomic E-state index is 12.8. The highest BCUT2D eigenvalue weighted by Crippen LogP contribution is 2.41. The van der Waals surface area contributed by atoms with Crippen LogP contribution in [-0.4, -0.2) is 28.6 Å². The van der Waals surface area contributed by atoms with Crippen LogP contribution in [-0.2, 0) is 9.47 Å². The molecule has 4 nitrogen and oxygen atoms in total. The fraction of sp³-hybridized carbons (Fsp3) is 0.750. The average Bonchev–Trinajstić information content (AvgIpc) is 3.00. The van der Waals surface area contributed by atoms with Crippen molar-refractivity contribution in [2.75, 3.05) is 13.2 Å². The van der Waals surface area contributed by atoms with E-state index in [0.717, 1.165) is 25.7 Å². The Bertz CT molecular complexity index is 406. The zero-order chi connectivity index (χ0) is 12.6. The topological polar surface area (TPSA) is 36.3 Å². The van der Waals surface area contributed by atoms with Gasteiger partial charge in [0.1, 0.15) is 0 Å². The first-order valence-corrected chi connectivity index (χ1v) is 6.29. The lowest BCUT2D eigenvalue weighted by atomic mass is 9.90. The Labute approximate surface area is 104 Å². The second kappa shape index (κ2) is 4.59. The third-order valence-electron chi connectivity index (χ3n) is 3.82. The second-order valence-electron chi connectivity index (χ2n) is 4.83. The molecule has 2 fully saturated rings. The van der Waals surface area contributed by atoms with Crippen molar-refractivity contribution in [3.8, 4) is 0 Å². The molecular formula is C12H16F2N2O2. The molecule has 0 aromatic carbocycles. The Morgan fingerprint density at radius 3 is 2.56 bits per heavy atom. The van der Waals surface area contributed by atoms with Crippen molar-refractivity contribution >= 4 is 0 Å². The van der Waals surface area contributed by atoms with Crippen molar-refractivity contribution in [1.29, 1.82) is 0 Å². The van der Waals surface area contributed by atoms with E-state index in [0.29, 0.717) is 13.2 Å². The van der Waals surface area contributed by atoms with Gasteiger partial charge in [0.05, 0.1) is 13.2 Å². The number of aromatic nitrogens is 2. The number of hydrogen-bond donors (Lipinski definition) is 0. The second-order valence-corrected chi connectivity index (χ2v) is 4.83. The van der Waals surface area contributed by atoms with Gasteiger partial charge in [0.2, 0.25) is 0 Å². The van der Waals surface area contributed by atoms with Gasteiger partial charge in [-0.2, -0.15) is 0 Å². The maximum Gasteiger partial charge on any atom is 0.295 e. The van der Waals surface area contributed by atoms with Gasteiger partial charge < -0.3 is 14.0 Å². The predicted octanol–water partition coefficient (Wildman–Crippen LogP) is 2.68. The number of nitrogens with zero attached hydrogens (tertiary/aromatic N) is 2.